The first-order chi connectivity index (χ1) is 13.6. The van der Waals surface area contributed by atoms with Gasteiger partial charge in [0.1, 0.15) is 5.52 Å². The highest BCUT2D eigenvalue weighted by Gasteiger charge is 2.12. The van der Waals surface area contributed by atoms with Gasteiger partial charge in [0.25, 0.3) is 0 Å². The number of halogens is 3. The molecule has 4 aromatic rings. The van der Waals surface area contributed by atoms with Crippen LogP contribution in [-0.2, 0) is 0 Å². The standard InChI is InChI=1S/C22H13BrCl2N2O/c23-15-5-3-14(4-6-15)2-1-11-26-17-8-10-21-20(13-17)27-22(28-21)18-12-16(24)7-9-19(18)25/h1-13H/b2-1+,26-11?. The van der Waals surface area contributed by atoms with Gasteiger partial charge in [-0.15, -0.1) is 0 Å². The van der Waals surface area contributed by atoms with Crippen molar-refractivity contribution in [2.24, 2.45) is 4.99 Å². The van der Waals surface area contributed by atoms with Gasteiger partial charge >= 0.3 is 0 Å². The summed E-state index contributed by atoms with van der Waals surface area (Å²) in [6.07, 6.45) is 5.63. The highest BCUT2D eigenvalue weighted by molar-refractivity contribution is 9.10. The summed E-state index contributed by atoms with van der Waals surface area (Å²) in [5.41, 5.74) is 3.91. The van der Waals surface area contributed by atoms with Gasteiger partial charge in [0.15, 0.2) is 5.58 Å². The molecule has 0 unspecified atom stereocenters. The number of oxazole rings is 1. The van der Waals surface area contributed by atoms with E-state index >= 15 is 0 Å². The molecule has 3 nitrogen and oxygen atoms in total. The summed E-state index contributed by atoms with van der Waals surface area (Å²) >= 11 is 15.7. The number of hydrogen-bond donors (Lipinski definition) is 0. The molecule has 0 fully saturated rings. The molecule has 0 N–H and O–H groups in total. The van der Waals surface area contributed by atoms with Crippen molar-refractivity contribution < 1.29 is 4.42 Å². The van der Waals surface area contributed by atoms with Crippen LogP contribution in [0.3, 0.4) is 0 Å². The van der Waals surface area contributed by atoms with Gasteiger partial charge in [-0.3, -0.25) is 4.99 Å². The van der Waals surface area contributed by atoms with Gasteiger partial charge in [0.2, 0.25) is 5.89 Å². The van der Waals surface area contributed by atoms with Crippen LogP contribution in [0.1, 0.15) is 5.56 Å². The summed E-state index contributed by atoms with van der Waals surface area (Å²) in [7, 11) is 0. The molecule has 0 spiro atoms. The highest BCUT2D eigenvalue weighted by atomic mass is 79.9. The van der Waals surface area contributed by atoms with Crippen molar-refractivity contribution in [1.82, 2.24) is 4.98 Å². The van der Waals surface area contributed by atoms with Crippen LogP contribution in [0, 0.1) is 0 Å². The lowest BCUT2D eigenvalue weighted by Gasteiger charge is -1.99. The second-order valence-electron chi connectivity index (χ2n) is 5.98. The van der Waals surface area contributed by atoms with E-state index in [-0.39, 0.29) is 0 Å². The lowest BCUT2D eigenvalue weighted by molar-refractivity contribution is 0.620. The summed E-state index contributed by atoms with van der Waals surface area (Å²) in [4.78, 5) is 8.98. The molecule has 138 valence electrons. The third-order valence-corrected chi connectivity index (χ3v) is 5.09. The first kappa shape index (κ1) is 18.9. The second kappa shape index (κ2) is 8.31. The van der Waals surface area contributed by atoms with E-state index in [0.717, 1.165) is 15.7 Å². The third-order valence-electron chi connectivity index (χ3n) is 4.00. The van der Waals surface area contributed by atoms with E-state index in [0.29, 0.717) is 32.6 Å². The molecule has 0 atom stereocenters. The maximum absolute atomic E-state index is 6.24. The summed E-state index contributed by atoms with van der Waals surface area (Å²) in [5, 5.41) is 1.11. The molecule has 1 aromatic heterocycles. The van der Waals surface area contributed by atoms with Gasteiger partial charge in [0.05, 0.1) is 16.3 Å². The van der Waals surface area contributed by atoms with Crippen LogP contribution < -0.4 is 0 Å². The van der Waals surface area contributed by atoms with Gasteiger partial charge in [-0.1, -0.05) is 57.3 Å². The Balaban J connectivity index is 1.56. The average Bonchev–Trinajstić information content (AvgIpc) is 3.11. The van der Waals surface area contributed by atoms with Crippen molar-refractivity contribution in [2.45, 2.75) is 0 Å². The van der Waals surface area contributed by atoms with E-state index < -0.39 is 0 Å². The Hall–Kier alpha value is -2.40. The van der Waals surface area contributed by atoms with Crippen molar-refractivity contribution in [2.75, 3.05) is 0 Å². The molecule has 0 radical (unpaired) electrons. The zero-order valence-corrected chi connectivity index (χ0v) is 17.5. The van der Waals surface area contributed by atoms with Gasteiger partial charge in [-0.2, -0.15) is 0 Å². The Kier molecular flexibility index (Phi) is 5.62. The summed E-state index contributed by atoms with van der Waals surface area (Å²) in [6, 6.07) is 18.8. The van der Waals surface area contributed by atoms with E-state index in [1.165, 1.54) is 0 Å². The lowest BCUT2D eigenvalue weighted by atomic mass is 10.2. The second-order valence-corrected chi connectivity index (χ2v) is 7.74. The van der Waals surface area contributed by atoms with Gasteiger partial charge in [-0.25, -0.2) is 4.98 Å². The molecule has 0 saturated carbocycles. The van der Waals surface area contributed by atoms with Crippen LogP contribution in [0.15, 0.2) is 80.6 Å². The molecule has 0 amide bonds. The monoisotopic (exact) mass is 470 g/mol. The number of nitrogens with zero attached hydrogens (tertiary/aromatic N) is 2. The topological polar surface area (TPSA) is 38.4 Å². The molecule has 1 heterocycles. The summed E-state index contributed by atoms with van der Waals surface area (Å²) < 4.78 is 6.87. The minimum Gasteiger partial charge on any atom is -0.436 e. The van der Waals surface area contributed by atoms with Crippen molar-refractivity contribution in [3.8, 4) is 11.5 Å². The smallest absolute Gasteiger partial charge is 0.228 e. The first-order valence-electron chi connectivity index (χ1n) is 8.41. The normalized spacial score (nSPS) is 11.8. The van der Waals surface area contributed by atoms with Crippen molar-refractivity contribution >= 4 is 68.2 Å². The van der Waals surface area contributed by atoms with Crippen LogP contribution in [0.4, 0.5) is 5.69 Å². The van der Waals surface area contributed by atoms with E-state index in [1.54, 1.807) is 24.4 Å². The predicted molar refractivity (Wildman–Crippen MR) is 121 cm³/mol. The van der Waals surface area contributed by atoms with Crippen LogP contribution >= 0.6 is 39.1 Å². The zero-order chi connectivity index (χ0) is 19.5. The third kappa shape index (κ3) is 4.36. The van der Waals surface area contributed by atoms with E-state index in [4.69, 9.17) is 27.6 Å². The molecule has 0 bridgehead atoms. The van der Waals surface area contributed by atoms with Crippen molar-refractivity contribution in [3.63, 3.8) is 0 Å². The zero-order valence-electron chi connectivity index (χ0n) is 14.4. The maximum atomic E-state index is 6.24. The minimum absolute atomic E-state index is 0.429. The largest absolute Gasteiger partial charge is 0.436 e. The minimum atomic E-state index is 0.429. The fourth-order valence-electron chi connectivity index (χ4n) is 2.63. The predicted octanol–water partition coefficient (Wildman–Crippen LogP) is 7.98. The molecule has 0 aliphatic carbocycles. The van der Waals surface area contributed by atoms with Crippen LogP contribution in [0.5, 0.6) is 0 Å². The van der Waals surface area contributed by atoms with E-state index in [1.807, 2.05) is 54.6 Å². The number of benzene rings is 3. The molecule has 4 rings (SSSR count). The molecular formula is C22H13BrCl2N2O. The number of allylic oxidation sites excluding steroid dienone is 1. The van der Waals surface area contributed by atoms with Gasteiger partial charge < -0.3 is 4.42 Å². The summed E-state index contributed by atoms with van der Waals surface area (Å²) in [6.45, 7) is 0. The van der Waals surface area contributed by atoms with Gasteiger partial charge in [-0.05, 0) is 60.2 Å². The lowest BCUT2D eigenvalue weighted by Crippen LogP contribution is -1.79. The molecule has 28 heavy (non-hydrogen) atoms. The number of aromatic nitrogens is 1. The Morgan fingerprint density at radius 3 is 2.61 bits per heavy atom. The Bertz CT molecular complexity index is 1200. The summed E-state index contributed by atoms with van der Waals surface area (Å²) in [5.74, 6) is 0.429. The molecule has 0 aliphatic rings. The molecule has 0 saturated heterocycles. The van der Waals surface area contributed by atoms with Gasteiger partial charge in [0, 0.05) is 15.7 Å². The fourth-order valence-corrected chi connectivity index (χ4v) is 3.26. The number of fused-ring (bicyclic) bond motifs is 1. The number of rotatable bonds is 4. The Labute approximate surface area is 180 Å². The van der Waals surface area contributed by atoms with Crippen LogP contribution in [-0.4, -0.2) is 11.2 Å². The Morgan fingerprint density at radius 1 is 0.964 bits per heavy atom. The quantitative estimate of drug-likeness (QED) is 0.283. The fraction of sp³-hybridized carbons (Fsp3) is 0. The molecule has 3 aromatic carbocycles. The molecular weight excluding hydrogens is 459 g/mol. The van der Waals surface area contributed by atoms with E-state index in [9.17, 15) is 0 Å². The molecule has 0 aliphatic heterocycles. The SMILES string of the molecule is Clc1ccc(Cl)c(-c2nc3cc(N=C/C=C/c4ccc(Br)cc4)ccc3o2)c1. The number of aliphatic imine (C=N–C) groups is 1. The van der Waals surface area contributed by atoms with Crippen LogP contribution in [0.25, 0.3) is 28.6 Å². The van der Waals surface area contributed by atoms with Crippen LogP contribution in [0.2, 0.25) is 10.0 Å². The Morgan fingerprint density at radius 2 is 1.79 bits per heavy atom. The van der Waals surface area contributed by atoms with E-state index in [2.05, 4.69) is 25.9 Å². The highest BCUT2D eigenvalue weighted by Crippen LogP contribution is 2.33. The van der Waals surface area contributed by atoms with Crippen molar-refractivity contribution in [1.29, 1.82) is 0 Å². The number of hydrogen-bond acceptors (Lipinski definition) is 3. The first-order valence-corrected chi connectivity index (χ1v) is 9.96. The average molecular weight is 472 g/mol. The van der Waals surface area contributed by atoms with Crippen molar-refractivity contribution in [3.05, 3.63) is 86.8 Å². The maximum Gasteiger partial charge on any atom is 0.228 e. The molecule has 6 heteroatoms.